The predicted octanol–water partition coefficient (Wildman–Crippen LogP) is 1.79. The zero-order valence-corrected chi connectivity index (χ0v) is 18.1. The number of benzene rings is 1. The molecule has 1 aliphatic heterocycles. The number of amides is 1. The number of β-amino-alcohol motifs (C(OH)–C–C–N with tert-alkyl or cyclic N) is 1. The fourth-order valence-electron chi connectivity index (χ4n) is 4.06. The van der Waals surface area contributed by atoms with Gasteiger partial charge in [-0.2, -0.15) is 0 Å². The molecule has 162 valence electrons. The second kappa shape index (κ2) is 7.46. The summed E-state index contributed by atoms with van der Waals surface area (Å²) >= 11 is 0. The van der Waals surface area contributed by atoms with E-state index >= 15 is 0 Å². The van der Waals surface area contributed by atoms with Gasteiger partial charge in [0.1, 0.15) is 11.2 Å². The Morgan fingerprint density at radius 3 is 2.55 bits per heavy atom. The van der Waals surface area contributed by atoms with Gasteiger partial charge in [-0.1, -0.05) is 43.7 Å². The van der Waals surface area contributed by atoms with Gasteiger partial charge in [-0.05, 0) is 30.9 Å². The van der Waals surface area contributed by atoms with Crippen molar-refractivity contribution in [3.8, 4) is 0 Å². The smallest absolute Gasteiger partial charge is 0.329 e. The van der Waals surface area contributed by atoms with Crippen LogP contribution in [-0.2, 0) is 12.6 Å². The van der Waals surface area contributed by atoms with Crippen LogP contribution < -0.4 is 11.2 Å². The number of aromatic amines is 1. The summed E-state index contributed by atoms with van der Waals surface area (Å²) < 4.78 is 1.24. The van der Waals surface area contributed by atoms with Crippen molar-refractivity contribution in [1.29, 1.82) is 0 Å². The number of likely N-dealkylation sites (tertiary alicyclic amines) is 1. The van der Waals surface area contributed by atoms with Gasteiger partial charge in [-0.25, -0.2) is 9.78 Å². The molecule has 0 aliphatic carbocycles. The Bertz CT molecular complexity index is 1290. The number of rotatable bonds is 3. The van der Waals surface area contributed by atoms with Gasteiger partial charge in [0, 0.05) is 19.3 Å². The van der Waals surface area contributed by atoms with Crippen LogP contribution in [0, 0.1) is 6.92 Å². The van der Waals surface area contributed by atoms with Gasteiger partial charge in [0.15, 0.2) is 0 Å². The van der Waals surface area contributed by atoms with E-state index in [1.54, 1.807) is 11.0 Å². The van der Waals surface area contributed by atoms with Gasteiger partial charge < -0.3 is 10.0 Å². The van der Waals surface area contributed by atoms with Gasteiger partial charge >= 0.3 is 5.69 Å². The molecular weight excluding hydrogens is 396 g/mol. The van der Waals surface area contributed by atoms with Gasteiger partial charge in [0.05, 0.1) is 17.5 Å². The summed E-state index contributed by atoms with van der Waals surface area (Å²) in [6.45, 7) is 6.32. The molecule has 1 amide bonds. The highest BCUT2D eigenvalue weighted by atomic mass is 16.3. The van der Waals surface area contributed by atoms with Gasteiger partial charge in [-0.15, -0.1) is 0 Å². The molecule has 1 saturated heterocycles. The van der Waals surface area contributed by atoms with Crippen molar-refractivity contribution in [2.24, 2.45) is 7.05 Å². The van der Waals surface area contributed by atoms with Crippen molar-refractivity contribution in [2.75, 3.05) is 13.1 Å². The summed E-state index contributed by atoms with van der Waals surface area (Å²) in [5.41, 5.74) is 0.464. The Kier molecular flexibility index (Phi) is 5.05. The highest BCUT2D eigenvalue weighted by Crippen LogP contribution is 2.33. The van der Waals surface area contributed by atoms with E-state index in [2.05, 4.69) is 9.97 Å². The molecule has 0 bridgehead atoms. The van der Waals surface area contributed by atoms with E-state index in [9.17, 15) is 19.5 Å². The molecule has 2 N–H and O–H groups in total. The average molecular weight is 422 g/mol. The number of nitrogens with one attached hydrogen (secondary N) is 1. The number of pyridine rings is 1. The Labute approximate surface area is 179 Å². The van der Waals surface area contributed by atoms with E-state index in [0.29, 0.717) is 18.7 Å². The zero-order valence-electron chi connectivity index (χ0n) is 18.1. The number of carbonyl (C=O) groups is 1. The summed E-state index contributed by atoms with van der Waals surface area (Å²) in [5, 5.41) is 11.3. The van der Waals surface area contributed by atoms with Crippen LogP contribution in [0.3, 0.4) is 0 Å². The van der Waals surface area contributed by atoms with E-state index in [1.807, 2.05) is 45.0 Å². The lowest BCUT2D eigenvalue weighted by molar-refractivity contribution is 0.0418. The van der Waals surface area contributed by atoms with E-state index in [1.165, 1.54) is 11.6 Å². The van der Waals surface area contributed by atoms with Crippen LogP contribution in [-0.4, -0.2) is 43.5 Å². The van der Waals surface area contributed by atoms with Crippen molar-refractivity contribution < 1.29 is 9.90 Å². The molecule has 8 nitrogen and oxygen atoms in total. The number of nitrogens with zero attached hydrogens (tertiary/aromatic N) is 3. The lowest BCUT2D eigenvalue weighted by Gasteiger charge is -2.24. The minimum absolute atomic E-state index is 0.00610. The molecule has 0 unspecified atom stereocenters. The number of hydrogen-bond donors (Lipinski definition) is 2. The molecule has 0 spiro atoms. The highest BCUT2D eigenvalue weighted by molar-refractivity contribution is 6.05. The molecule has 31 heavy (non-hydrogen) atoms. The largest absolute Gasteiger partial charge is 0.383 e. The second-order valence-electron chi connectivity index (χ2n) is 8.64. The monoisotopic (exact) mass is 422 g/mol. The minimum Gasteiger partial charge on any atom is -0.383 e. The Hall–Kier alpha value is -3.26. The summed E-state index contributed by atoms with van der Waals surface area (Å²) in [7, 11) is 1.51. The Morgan fingerprint density at radius 1 is 1.23 bits per heavy atom. The summed E-state index contributed by atoms with van der Waals surface area (Å²) in [6, 6.07) is 9.25. The van der Waals surface area contributed by atoms with Gasteiger partial charge in [0.2, 0.25) is 0 Å². The van der Waals surface area contributed by atoms with E-state index in [4.69, 9.17) is 0 Å². The maximum atomic E-state index is 13.5. The topological polar surface area (TPSA) is 108 Å². The third-order valence-corrected chi connectivity index (χ3v) is 6.04. The molecule has 4 rings (SSSR count). The first-order chi connectivity index (χ1) is 14.6. The molecule has 2 aromatic heterocycles. The van der Waals surface area contributed by atoms with E-state index in [0.717, 1.165) is 11.1 Å². The van der Waals surface area contributed by atoms with Crippen LogP contribution >= 0.6 is 0 Å². The minimum atomic E-state index is -1.15. The van der Waals surface area contributed by atoms with Crippen LogP contribution in [0.15, 0.2) is 39.9 Å². The SMILES string of the molecule is Cc1ccc([C@@]2(O)CCN(C(=O)c3cc(C(C)C)nc4c3c(=O)[nH]c(=O)n4C)C2)cc1. The van der Waals surface area contributed by atoms with Crippen molar-refractivity contribution >= 4 is 16.9 Å². The molecule has 3 heterocycles. The highest BCUT2D eigenvalue weighted by Gasteiger charge is 2.40. The van der Waals surface area contributed by atoms with E-state index in [-0.39, 0.29) is 35.0 Å². The Balaban J connectivity index is 1.79. The fourth-order valence-corrected chi connectivity index (χ4v) is 4.06. The first kappa shape index (κ1) is 21.0. The molecule has 8 heteroatoms. The van der Waals surface area contributed by atoms with E-state index < -0.39 is 16.9 Å². The Morgan fingerprint density at radius 2 is 1.90 bits per heavy atom. The van der Waals surface area contributed by atoms with Crippen molar-refractivity contribution in [3.05, 3.63) is 73.6 Å². The first-order valence-corrected chi connectivity index (χ1v) is 10.3. The molecule has 0 saturated carbocycles. The van der Waals surface area contributed by atoms with Crippen LogP contribution in [0.25, 0.3) is 11.0 Å². The quantitative estimate of drug-likeness (QED) is 0.669. The normalized spacial score (nSPS) is 18.8. The van der Waals surface area contributed by atoms with Crippen LogP contribution in [0.4, 0.5) is 0 Å². The number of H-pyrrole nitrogens is 1. The standard InChI is InChI=1S/C23H26N4O4/c1-13(2)17-11-16(18-19(24-17)26(4)22(30)25-20(18)28)21(29)27-10-9-23(31,12-27)15-7-5-14(3)6-8-15/h5-8,11,13,31H,9-10,12H2,1-4H3,(H,25,28,30)/t23-/m1/s1. The molecule has 1 fully saturated rings. The summed E-state index contributed by atoms with van der Waals surface area (Å²) in [5.74, 6) is -0.366. The van der Waals surface area contributed by atoms with Crippen molar-refractivity contribution in [2.45, 2.75) is 38.7 Å². The molecule has 1 atom stereocenters. The number of fused-ring (bicyclic) bond motifs is 1. The van der Waals surface area contributed by atoms with Crippen LogP contribution in [0.5, 0.6) is 0 Å². The summed E-state index contributed by atoms with van der Waals surface area (Å²) in [4.78, 5) is 46.5. The number of aliphatic hydroxyl groups is 1. The first-order valence-electron chi connectivity index (χ1n) is 10.3. The van der Waals surface area contributed by atoms with Crippen LogP contribution in [0.1, 0.15) is 53.4 Å². The lowest BCUT2D eigenvalue weighted by atomic mass is 9.92. The number of aromatic nitrogens is 3. The number of hydrogen-bond acceptors (Lipinski definition) is 5. The zero-order chi connectivity index (χ0) is 22.5. The third-order valence-electron chi connectivity index (χ3n) is 6.04. The predicted molar refractivity (Wildman–Crippen MR) is 117 cm³/mol. The average Bonchev–Trinajstić information content (AvgIpc) is 3.14. The second-order valence-corrected chi connectivity index (χ2v) is 8.64. The maximum Gasteiger partial charge on any atom is 0.329 e. The fraction of sp³-hybridized carbons (Fsp3) is 0.391. The van der Waals surface area contributed by atoms with Crippen molar-refractivity contribution in [3.63, 3.8) is 0 Å². The maximum absolute atomic E-state index is 13.5. The van der Waals surface area contributed by atoms with Crippen LogP contribution in [0.2, 0.25) is 0 Å². The van der Waals surface area contributed by atoms with Gasteiger partial charge in [-0.3, -0.25) is 19.1 Å². The third kappa shape index (κ3) is 3.57. The molecule has 3 aromatic rings. The molecule has 1 aromatic carbocycles. The lowest BCUT2D eigenvalue weighted by Crippen LogP contribution is -2.36. The summed E-state index contributed by atoms with van der Waals surface area (Å²) in [6.07, 6.45) is 0.400. The molecule has 0 radical (unpaired) electrons. The van der Waals surface area contributed by atoms with Gasteiger partial charge in [0.25, 0.3) is 11.5 Å². The molecular formula is C23H26N4O4. The molecule has 1 aliphatic rings. The van der Waals surface area contributed by atoms with Crippen molar-refractivity contribution in [1.82, 2.24) is 19.4 Å². The number of aryl methyl sites for hydroxylation is 2. The number of carbonyl (C=O) groups excluding carboxylic acids is 1.